The van der Waals surface area contributed by atoms with Gasteiger partial charge in [0, 0.05) is 0 Å². The number of rotatable bonds is 4. The molecule has 0 saturated carbocycles. The Kier molecular flexibility index (Phi) is 4.54. The minimum Gasteiger partial charge on any atom is -0.469 e. The van der Waals surface area contributed by atoms with Gasteiger partial charge in [0.2, 0.25) is 0 Å². The van der Waals surface area contributed by atoms with E-state index in [-0.39, 0.29) is 5.97 Å². The van der Waals surface area contributed by atoms with Crippen molar-refractivity contribution in [1.82, 2.24) is 0 Å². The number of benzene rings is 3. The van der Waals surface area contributed by atoms with Crippen molar-refractivity contribution in [2.24, 2.45) is 0 Å². The monoisotopic (exact) mass is 334 g/mol. The van der Waals surface area contributed by atoms with Crippen LogP contribution in [0.15, 0.2) is 66.7 Å². The molecule has 122 valence electrons. The molecule has 0 radical (unpaired) electrons. The summed E-state index contributed by atoms with van der Waals surface area (Å²) in [5.41, 5.74) is 0.994. The molecule has 3 rings (SSSR count). The predicted octanol–water partition coefficient (Wildman–Crippen LogP) is 3.38. The van der Waals surface area contributed by atoms with E-state index in [9.17, 15) is 4.79 Å². The second kappa shape index (κ2) is 6.61. The molecule has 0 aromatic heterocycles. The maximum atomic E-state index is 11.4. The predicted molar refractivity (Wildman–Crippen MR) is 103 cm³/mol. The Hall–Kier alpha value is -2.39. The highest BCUT2D eigenvalue weighted by molar-refractivity contribution is 7.00. The fourth-order valence-electron chi connectivity index (χ4n) is 3.02. The second-order valence-electron chi connectivity index (χ2n) is 6.64. The summed E-state index contributed by atoms with van der Waals surface area (Å²) in [6.45, 7) is 4.73. The van der Waals surface area contributed by atoms with Crippen LogP contribution in [0, 0.1) is 0 Å². The summed E-state index contributed by atoms with van der Waals surface area (Å²) in [6.07, 6.45) is 0.328. The summed E-state index contributed by atoms with van der Waals surface area (Å²) in [7, 11) is -0.337. The molecule has 0 saturated heterocycles. The lowest BCUT2D eigenvalue weighted by Crippen LogP contribution is -2.52. The van der Waals surface area contributed by atoms with Crippen LogP contribution >= 0.6 is 0 Å². The number of methoxy groups -OCH3 is 1. The minimum atomic E-state index is -1.76. The van der Waals surface area contributed by atoms with Crippen molar-refractivity contribution in [3.8, 4) is 0 Å². The molecule has 0 atom stereocenters. The average Bonchev–Trinajstić information content (AvgIpc) is 2.61. The average molecular weight is 334 g/mol. The normalized spacial score (nSPS) is 11.5. The number of ether oxygens (including phenoxy) is 1. The molecule has 3 aromatic rings. The van der Waals surface area contributed by atoms with E-state index < -0.39 is 8.07 Å². The van der Waals surface area contributed by atoms with E-state index in [1.807, 2.05) is 12.1 Å². The van der Waals surface area contributed by atoms with Gasteiger partial charge in [0.25, 0.3) is 0 Å². The third-order valence-corrected chi connectivity index (χ3v) is 8.25. The smallest absolute Gasteiger partial charge is 0.309 e. The SMILES string of the molecule is COC(=O)Cc1ccc([Si](C)(C)c2ccc3ccccc3c2)cc1. The van der Waals surface area contributed by atoms with Gasteiger partial charge < -0.3 is 4.74 Å². The maximum Gasteiger partial charge on any atom is 0.309 e. The van der Waals surface area contributed by atoms with Gasteiger partial charge in [-0.2, -0.15) is 0 Å². The summed E-state index contributed by atoms with van der Waals surface area (Å²) in [4.78, 5) is 11.4. The third-order valence-electron chi connectivity index (χ3n) is 4.72. The van der Waals surface area contributed by atoms with E-state index in [0.29, 0.717) is 6.42 Å². The van der Waals surface area contributed by atoms with Crippen LogP contribution in [-0.4, -0.2) is 21.2 Å². The van der Waals surface area contributed by atoms with Gasteiger partial charge in [-0.1, -0.05) is 90.2 Å². The number of fused-ring (bicyclic) bond motifs is 1. The van der Waals surface area contributed by atoms with E-state index >= 15 is 0 Å². The molecule has 24 heavy (non-hydrogen) atoms. The zero-order chi connectivity index (χ0) is 17.2. The molecule has 0 bridgehead atoms. The topological polar surface area (TPSA) is 26.3 Å². The third kappa shape index (κ3) is 3.26. The molecule has 2 nitrogen and oxygen atoms in total. The maximum absolute atomic E-state index is 11.4. The summed E-state index contributed by atoms with van der Waals surface area (Å²) in [6, 6.07) is 23.7. The molecule has 0 unspecified atom stereocenters. The lowest BCUT2D eigenvalue weighted by molar-refractivity contribution is -0.139. The Bertz CT molecular complexity index is 866. The van der Waals surface area contributed by atoms with Gasteiger partial charge in [0.1, 0.15) is 8.07 Å². The summed E-state index contributed by atoms with van der Waals surface area (Å²) >= 11 is 0. The number of carbonyl (C=O) groups excluding carboxylic acids is 1. The molecular formula is C21H22O2Si. The number of hydrogen-bond donors (Lipinski definition) is 0. The van der Waals surface area contributed by atoms with Gasteiger partial charge in [-0.15, -0.1) is 0 Å². The van der Waals surface area contributed by atoms with E-state index in [1.54, 1.807) is 0 Å². The first-order chi connectivity index (χ1) is 11.5. The van der Waals surface area contributed by atoms with Crippen molar-refractivity contribution < 1.29 is 9.53 Å². The van der Waals surface area contributed by atoms with Crippen LogP contribution < -0.4 is 10.4 Å². The molecule has 0 spiro atoms. The summed E-state index contributed by atoms with van der Waals surface area (Å²) in [5, 5.41) is 5.35. The fourth-order valence-corrected chi connectivity index (χ4v) is 5.37. The van der Waals surface area contributed by atoms with Crippen LogP contribution in [0.5, 0.6) is 0 Å². The van der Waals surface area contributed by atoms with Crippen LogP contribution in [0.3, 0.4) is 0 Å². The highest BCUT2D eigenvalue weighted by atomic mass is 28.3. The van der Waals surface area contributed by atoms with Crippen LogP contribution in [0.1, 0.15) is 5.56 Å². The standard InChI is InChI=1S/C21H22O2Si/c1-23-21(22)14-16-8-11-19(12-9-16)24(2,3)20-13-10-17-6-4-5-7-18(17)15-20/h4-13,15H,14H2,1-3H3. The molecule has 3 aromatic carbocycles. The molecule has 0 N–H and O–H groups in total. The lowest BCUT2D eigenvalue weighted by Gasteiger charge is -2.24. The first-order valence-electron chi connectivity index (χ1n) is 8.16. The van der Waals surface area contributed by atoms with Gasteiger partial charge in [-0.05, 0) is 16.3 Å². The largest absolute Gasteiger partial charge is 0.469 e. The lowest BCUT2D eigenvalue weighted by atomic mass is 10.1. The van der Waals surface area contributed by atoms with Gasteiger partial charge in [-0.25, -0.2) is 0 Å². The highest BCUT2D eigenvalue weighted by Crippen LogP contribution is 2.14. The summed E-state index contributed by atoms with van der Waals surface area (Å²) in [5.74, 6) is -0.200. The van der Waals surface area contributed by atoms with Crippen molar-refractivity contribution in [3.63, 3.8) is 0 Å². The zero-order valence-electron chi connectivity index (χ0n) is 14.4. The Labute approximate surface area is 144 Å². The Balaban J connectivity index is 1.92. The fraction of sp³-hybridized carbons (Fsp3) is 0.190. The van der Waals surface area contributed by atoms with Crippen LogP contribution in [-0.2, 0) is 16.0 Å². The molecule has 0 aliphatic heterocycles. The summed E-state index contributed by atoms with van der Waals surface area (Å²) < 4.78 is 4.73. The van der Waals surface area contributed by atoms with Crippen molar-refractivity contribution in [3.05, 3.63) is 72.3 Å². The minimum absolute atomic E-state index is 0.200. The van der Waals surface area contributed by atoms with Crippen LogP contribution in [0.2, 0.25) is 13.1 Å². The Morgan fingerprint density at radius 3 is 2.17 bits per heavy atom. The van der Waals surface area contributed by atoms with E-state index in [4.69, 9.17) is 4.74 Å². The quantitative estimate of drug-likeness (QED) is 0.540. The molecule has 0 amide bonds. The Morgan fingerprint density at radius 2 is 1.50 bits per heavy atom. The van der Waals surface area contributed by atoms with E-state index in [1.165, 1.54) is 28.3 Å². The first-order valence-corrected chi connectivity index (χ1v) is 11.2. The zero-order valence-corrected chi connectivity index (χ0v) is 15.4. The van der Waals surface area contributed by atoms with Gasteiger partial charge in [-0.3, -0.25) is 4.79 Å². The molecule has 3 heteroatoms. The van der Waals surface area contributed by atoms with Crippen molar-refractivity contribution >= 4 is 35.2 Å². The number of esters is 1. The number of hydrogen-bond acceptors (Lipinski definition) is 2. The molecule has 0 heterocycles. The van der Waals surface area contributed by atoms with Crippen LogP contribution in [0.25, 0.3) is 10.8 Å². The first kappa shape index (κ1) is 16.5. The highest BCUT2D eigenvalue weighted by Gasteiger charge is 2.26. The molecule has 0 fully saturated rings. The van der Waals surface area contributed by atoms with Gasteiger partial charge in [0.15, 0.2) is 0 Å². The molecule has 0 aliphatic rings. The van der Waals surface area contributed by atoms with Crippen molar-refractivity contribution in [1.29, 1.82) is 0 Å². The van der Waals surface area contributed by atoms with Gasteiger partial charge in [0.05, 0.1) is 13.5 Å². The van der Waals surface area contributed by atoms with Crippen molar-refractivity contribution in [2.75, 3.05) is 7.11 Å². The molecular weight excluding hydrogens is 312 g/mol. The Morgan fingerprint density at radius 1 is 0.875 bits per heavy atom. The van der Waals surface area contributed by atoms with E-state index in [0.717, 1.165) is 5.56 Å². The van der Waals surface area contributed by atoms with Crippen LogP contribution in [0.4, 0.5) is 0 Å². The molecule has 0 aliphatic carbocycles. The number of carbonyl (C=O) groups is 1. The van der Waals surface area contributed by atoms with E-state index in [2.05, 4.69) is 67.7 Å². The van der Waals surface area contributed by atoms with Gasteiger partial charge >= 0.3 is 5.97 Å². The van der Waals surface area contributed by atoms with Crippen molar-refractivity contribution in [2.45, 2.75) is 19.5 Å². The second-order valence-corrected chi connectivity index (χ2v) is 11.0.